The monoisotopic (exact) mass is 327 g/mol. The maximum atomic E-state index is 12.2. The number of hydrogen-bond donors (Lipinski definition) is 1. The van der Waals surface area contributed by atoms with Gasteiger partial charge in [-0.1, -0.05) is 18.2 Å². The molecule has 0 saturated carbocycles. The van der Waals surface area contributed by atoms with Crippen molar-refractivity contribution in [3.05, 3.63) is 54.1 Å². The lowest BCUT2D eigenvalue weighted by Gasteiger charge is -2.19. The van der Waals surface area contributed by atoms with Crippen molar-refractivity contribution in [2.75, 3.05) is 18.5 Å². The minimum Gasteiger partial charge on any atom is -0.486 e. The second-order valence-corrected chi connectivity index (χ2v) is 5.26. The van der Waals surface area contributed by atoms with Gasteiger partial charge in [-0.25, -0.2) is 4.79 Å². The number of amides is 1. The Morgan fingerprint density at radius 2 is 1.75 bits per heavy atom. The molecule has 0 spiro atoms. The summed E-state index contributed by atoms with van der Waals surface area (Å²) in [6.45, 7) is 2.49. The van der Waals surface area contributed by atoms with Gasteiger partial charge in [0.05, 0.1) is 5.56 Å². The number of hydrogen-bond acceptors (Lipinski definition) is 5. The van der Waals surface area contributed by atoms with E-state index in [1.165, 1.54) is 6.92 Å². The average Bonchev–Trinajstić information content (AvgIpc) is 2.62. The van der Waals surface area contributed by atoms with E-state index in [0.29, 0.717) is 36.0 Å². The summed E-state index contributed by atoms with van der Waals surface area (Å²) < 4.78 is 16.1. The molecule has 1 amide bonds. The topological polar surface area (TPSA) is 73.9 Å². The Morgan fingerprint density at radius 1 is 1.04 bits per heavy atom. The first-order valence-corrected chi connectivity index (χ1v) is 7.60. The van der Waals surface area contributed by atoms with Gasteiger partial charge in [0, 0.05) is 11.8 Å². The number of carbonyl (C=O) groups is 2. The van der Waals surface area contributed by atoms with Crippen LogP contribution in [0.2, 0.25) is 0 Å². The molecular formula is C18H17NO5. The summed E-state index contributed by atoms with van der Waals surface area (Å²) >= 11 is 0. The number of carbonyl (C=O) groups excluding carboxylic acids is 2. The van der Waals surface area contributed by atoms with Crippen LogP contribution in [0.3, 0.4) is 0 Å². The highest BCUT2D eigenvalue weighted by Crippen LogP contribution is 2.32. The third-order valence-electron chi connectivity index (χ3n) is 3.47. The Labute approximate surface area is 139 Å². The maximum absolute atomic E-state index is 12.2. The number of rotatable bonds is 4. The molecule has 6 heteroatoms. The highest BCUT2D eigenvalue weighted by molar-refractivity contribution is 5.97. The van der Waals surface area contributed by atoms with Crippen molar-refractivity contribution < 1.29 is 23.8 Å². The zero-order valence-corrected chi connectivity index (χ0v) is 13.2. The number of nitrogens with one attached hydrogen (secondary N) is 1. The summed E-state index contributed by atoms with van der Waals surface area (Å²) in [6.07, 6.45) is -0.925. The minimum atomic E-state index is -0.925. The summed E-state index contributed by atoms with van der Waals surface area (Å²) in [7, 11) is 0. The van der Waals surface area contributed by atoms with Gasteiger partial charge < -0.3 is 19.5 Å². The van der Waals surface area contributed by atoms with Gasteiger partial charge in [0.1, 0.15) is 13.2 Å². The van der Waals surface area contributed by atoms with Gasteiger partial charge in [-0.05, 0) is 31.2 Å². The molecule has 1 atom stereocenters. The molecule has 124 valence electrons. The molecule has 1 aliphatic rings. The summed E-state index contributed by atoms with van der Waals surface area (Å²) in [5.41, 5.74) is 0.948. The van der Waals surface area contributed by atoms with E-state index in [2.05, 4.69) is 5.32 Å². The third kappa shape index (κ3) is 3.65. The molecule has 1 aliphatic heterocycles. The van der Waals surface area contributed by atoms with E-state index in [1.54, 1.807) is 48.5 Å². The largest absolute Gasteiger partial charge is 0.486 e. The molecule has 0 saturated heterocycles. The Balaban J connectivity index is 1.61. The Bertz CT molecular complexity index is 744. The van der Waals surface area contributed by atoms with Crippen molar-refractivity contribution in [1.82, 2.24) is 0 Å². The van der Waals surface area contributed by atoms with Gasteiger partial charge in [-0.3, -0.25) is 4.79 Å². The number of esters is 1. The van der Waals surface area contributed by atoms with Gasteiger partial charge >= 0.3 is 5.97 Å². The van der Waals surface area contributed by atoms with E-state index in [-0.39, 0.29) is 0 Å². The van der Waals surface area contributed by atoms with Crippen molar-refractivity contribution in [2.45, 2.75) is 13.0 Å². The first-order valence-electron chi connectivity index (χ1n) is 7.60. The maximum Gasteiger partial charge on any atom is 0.338 e. The SMILES string of the molecule is C[C@@H](OC(=O)c1ccccc1)C(=O)Nc1ccc2c(c1)OCCO2. The number of benzene rings is 2. The summed E-state index contributed by atoms with van der Waals surface area (Å²) in [6, 6.07) is 13.6. The van der Waals surface area contributed by atoms with E-state index in [9.17, 15) is 9.59 Å². The second kappa shape index (κ2) is 7.04. The molecule has 0 fully saturated rings. The Kier molecular flexibility index (Phi) is 4.65. The van der Waals surface area contributed by atoms with Crippen LogP contribution in [0.25, 0.3) is 0 Å². The molecule has 2 aromatic rings. The standard InChI is InChI=1S/C18H17NO5/c1-12(24-18(21)13-5-3-2-4-6-13)17(20)19-14-7-8-15-16(11-14)23-10-9-22-15/h2-8,11-12H,9-10H2,1H3,(H,19,20)/t12-/m1/s1. The van der Waals surface area contributed by atoms with Crippen LogP contribution in [0.15, 0.2) is 48.5 Å². The molecule has 0 radical (unpaired) electrons. The molecular weight excluding hydrogens is 310 g/mol. The average molecular weight is 327 g/mol. The fourth-order valence-electron chi connectivity index (χ4n) is 2.22. The lowest BCUT2D eigenvalue weighted by Crippen LogP contribution is -2.30. The van der Waals surface area contributed by atoms with Crippen molar-refractivity contribution in [3.63, 3.8) is 0 Å². The molecule has 1 heterocycles. The molecule has 1 N–H and O–H groups in total. The van der Waals surface area contributed by atoms with Gasteiger partial charge in [-0.2, -0.15) is 0 Å². The van der Waals surface area contributed by atoms with Crippen molar-refractivity contribution in [2.24, 2.45) is 0 Å². The molecule has 0 aliphatic carbocycles. The molecule has 0 unspecified atom stereocenters. The molecule has 2 aromatic carbocycles. The zero-order valence-electron chi connectivity index (χ0n) is 13.2. The van der Waals surface area contributed by atoms with Gasteiger partial charge in [-0.15, -0.1) is 0 Å². The van der Waals surface area contributed by atoms with E-state index in [4.69, 9.17) is 14.2 Å². The van der Waals surface area contributed by atoms with Crippen molar-refractivity contribution in [3.8, 4) is 11.5 Å². The minimum absolute atomic E-state index is 0.400. The number of ether oxygens (including phenoxy) is 3. The third-order valence-corrected chi connectivity index (χ3v) is 3.47. The van der Waals surface area contributed by atoms with Crippen LogP contribution in [0.1, 0.15) is 17.3 Å². The molecule has 6 nitrogen and oxygen atoms in total. The second-order valence-electron chi connectivity index (χ2n) is 5.26. The normalized spacial score (nSPS) is 13.7. The fourth-order valence-corrected chi connectivity index (χ4v) is 2.22. The van der Waals surface area contributed by atoms with Crippen LogP contribution in [-0.2, 0) is 9.53 Å². The predicted molar refractivity (Wildman–Crippen MR) is 87.4 cm³/mol. The van der Waals surface area contributed by atoms with Crippen LogP contribution >= 0.6 is 0 Å². The Morgan fingerprint density at radius 3 is 2.50 bits per heavy atom. The predicted octanol–water partition coefficient (Wildman–Crippen LogP) is 2.64. The van der Waals surface area contributed by atoms with E-state index >= 15 is 0 Å². The summed E-state index contributed by atoms with van der Waals surface area (Å²) in [4.78, 5) is 24.2. The lowest BCUT2D eigenvalue weighted by molar-refractivity contribution is -0.123. The first kappa shape index (κ1) is 15.9. The van der Waals surface area contributed by atoms with Gasteiger partial charge in [0.2, 0.25) is 0 Å². The quantitative estimate of drug-likeness (QED) is 0.874. The van der Waals surface area contributed by atoms with Gasteiger partial charge in [0.25, 0.3) is 5.91 Å². The zero-order chi connectivity index (χ0) is 16.9. The lowest BCUT2D eigenvalue weighted by atomic mass is 10.2. The summed E-state index contributed by atoms with van der Waals surface area (Å²) in [5.74, 6) is 0.257. The Hall–Kier alpha value is -3.02. The van der Waals surface area contributed by atoms with Crippen LogP contribution in [0, 0.1) is 0 Å². The van der Waals surface area contributed by atoms with Crippen LogP contribution in [0.4, 0.5) is 5.69 Å². The number of anilines is 1. The highest BCUT2D eigenvalue weighted by atomic mass is 16.6. The van der Waals surface area contributed by atoms with E-state index in [0.717, 1.165) is 0 Å². The van der Waals surface area contributed by atoms with E-state index < -0.39 is 18.0 Å². The fraction of sp³-hybridized carbons (Fsp3) is 0.222. The van der Waals surface area contributed by atoms with Crippen LogP contribution in [0.5, 0.6) is 11.5 Å². The summed E-state index contributed by atoms with van der Waals surface area (Å²) in [5, 5.41) is 2.70. The first-order chi connectivity index (χ1) is 11.6. The van der Waals surface area contributed by atoms with Crippen LogP contribution < -0.4 is 14.8 Å². The van der Waals surface area contributed by atoms with E-state index in [1.807, 2.05) is 0 Å². The molecule has 0 bridgehead atoms. The van der Waals surface area contributed by atoms with Crippen molar-refractivity contribution in [1.29, 1.82) is 0 Å². The smallest absolute Gasteiger partial charge is 0.338 e. The van der Waals surface area contributed by atoms with Crippen molar-refractivity contribution >= 4 is 17.6 Å². The highest BCUT2D eigenvalue weighted by Gasteiger charge is 2.20. The molecule has 0 aromatic heterocycles. The number of fused-ring (bicyclic) bond motifs is 1. The molecule has 3 rings (SSSR count). The van der Waals surface area contributed by atoms with Crippen LogP contribution in [-0.4, -0.2) is 31.2 Å². The molecule has 24 heavy (non-hydrogen) atoms. The van der Waals surface area contributed by atoms with Gasteiger partial charge in [0.15, 0.2) is 17.6 Å².